The normalized spacial score (nSPS) is 18.6. The number of carbonyl (C=O) groups excluding carboxylic acids is 1. The molecule has 2 unspecified atom stereocenters. The van der Waals surface area contributed by atoms with Crippen molar-refractivity contribution in [2.45, 2.75) is 84.2 Å². The molecular weight excluding hydrogens is 236 g/mol. The summed E-state index contributed by atoms with van der Waals surface area (Å²) < 4.78 is 0. The van der Waals surface area contributed by atoms with Crippen LogP contribution < -0.4 is 5.32 Å². The van der Waals surface area contributed by atoms with Crippen molar-refractivity contribution < 1.29 is 4.79 Å². The Morgan fingerprint density at radius 1 is 1.11 bits per heavy atom. The zero-order chi connectivity index (χ0) is 14.1. The van der Waals surface area contributed by atoms with Gasteiger partial charge in [0, 0.05) is 19.1 Å². The Morgan fingerprint density at radius 3 is 2.37 bits per heavy atom. The molecule has 19 heavy (non-hydrogen) atoms. The second-order valence-corrected chi connectivity index (χ2v) is 6.02. The van der Waals surface area contributed by atoms with E-state index < -0.39 is 0 Å². The van der Waals surface area contributed by atoms with E-state index >= 15 is 0 Å². The number of unbranched alkanes of at least 4 members (excludes halogenated alkanes) is 4. The van der Waals surface area contributed by atoms with Crippen molar-refractivity contribution in [2.24, 2.45) is 0 Å². The number of rotatable bonds is 9. The molecule has 1 aliphatic heterocycles. The van der Waals surface area contributed by atoms with Gasteiger partial charge in [0.1, 0.15) is 0 Å². The van der Waals surface area contributed by atoms with Gasteiger partial charge >= 0.3 is 0 Å². The van der Waals surface area contributed by atoms with Gasteiger partial charge < -0.3 is 10.2 Å². The summed E-state index contributed by atoms with van der Waals surface area (Å²) in [7, 11) is 0. The van der Waals surface area contributed by atoms with Crippen LogP contribution in [0.3, 0.4) is 0 Å². The maximum Gasteiger partial charge on any atom is 0.239 e. The first-order valence-electron chi connectivity index (χ1n) is 8.20. The van der Waals surface area contributed by atoms with Crippen LogP contribution in [0.5, 0.6) is 0 Å². The molecule has 1 rings (SSSR count). The molecule has 1 fully saturated rings. The molecular formula is C16H32N2O. The van der Waals surface area contributed by atoms with Gasteiger partial charge in [-0.2, -0.15) is 0 Å². The predicted octanol–water partition coefficient (Wildman–Crippen LogP) is 3.34. The molecule has 0 aromatic carbocycles. The summed E-state index contributed by atoms with van der Waals surface area (Å²) in [6.45, 7) is 8.37. The Hall–Kier alpha value is -0.570. The second kappa shape index (κ2) is 9.35. The average Bonchev–Trinajstić information content (AvgIpc) is 2.91. The lowest BCUT2D eigenvalue weighted by Gasteiger charge is -2.24. The van der Waals surface area contributed by atoms with Crippen molar-refractivity contribution in [1.82, 2.24) is 10.2 Å². The number of nitrogens with zero attached hydrogens (tertiary/aromatic N) is 1. The van der Waals surface area contributed by atoms with Gasteiger partial charge in [-0.25, -0.2) is 0 Å². The molecule has 3 nitrogen and oxygen atoms in total. The summed E-state index contributed by atoms with van der Waals surface area (Å²) >= 11 is 0. The number of carbonyl (C=O) groups is 1. The highest BCUT2D eigenvalue weighted by atomic mass is 16.2. The number of nitrogens with one attached hydrogen (secondary N) is 1. The molecule has 3 heteroatoms. The average molecular weight is 268 g/mol. The molecule has 0 aliphatic carbocycles. The van der Waals surface area contributed by atoms with Gasteiger partial charge in [0.15, 0.2) is 0 Å². The monoisotopic (exact) mass is 268 g/mol. The van der Waals surface area contributed by atoms with Crippen LogP contribution in [0.2, 0.25) is 0 Å². The van der Waals surface area contributed by atoms with E-state index in [9.17, 15) is 4.79 Å². The lowest BCUT2D eigenvalue weighted by molar-refractivity contribution is -0.132. The van der Waals surface area contributed by atoms with Gasteiger partial charge in [0.05, 0.1) is 6.04 Å². The van der Waals surface area contributed by atoms with Crippen LogP contribution in [-0.4, -0.2) is 36.0 Å². The molecule has 112 valence electrons. The topological polar surface area (TPSA) is 32.3 Å². The molecule has 1 amide bonds. The minimum Gasteiger partial charge on any atom is -0.341 e. The Morgan fingerprint density at radius 2 is 1.74 bits per heavy atom. The maximum absolute atomic E-state index is 12.2. The van der Waals surface area contributed by atoms with Crippen LogP contribution in [0.15, 0.2) is 0 Å². The first kappa shape index (κ1) is 16.5. The van der Waals surface area contributed by atoms with E-state index in [4.69, 9.17) is 0 Å². The minimum atomic E-state index is -0.0243. The lowest BCUT2D eigenvalue weighted by Crippen LogP contribution is -2.46. The Kier molecular flexibility index (Phi) is 8.11. The van der Waals surface area contributed by atoms with Gasteiger partial charge in [-0.3, -0.25) is 4.79 Å². The third-order valence-corrected chi connectivity index (χ3v) is 4.06. The summed E-state index contributed by atoms with van der Waals surface area (Å²) in [5.74, 6) is 0.287. The van der Waals surface area contributed by atoms with Crippen molar-refractivity contribution in [3.05, 3.63) is 0 Å². The van der Waals surface area contributed by atoms with E-state index in [1.165, 1.54) is 51.4 Å². The van der Waals surface area contributed by atoms with Crippen molar-refractivity contribution >= 4 is 5.91 Å². The molecule has 0 aromatic heterocycles. The third kappa shape index (κ3) is 6.42. The van der Waals surface area contributed by atoms with E-state index in [-0.39, 0.29) is 11.9 Å². The third-order valence-electron chi connectivity index (χ3n) is 4.06. The van der Waals surface area contributed by atoms with Crippen LogP contribution in [0, 0.1) is 0 Å². The van der Waals surface area contributed by atoms with Crippen molar-refractivity contribution in [3.8, 4) is 0 Å². The predicted molar refractivity (Wildman–Crippen MR) is 81.2 cm³/mol. The quantitative estimate of drug-likeness (QED) is 0.651. The van der Waals surface area contributed by atoms with Gasteiger partial charge in [-0.1, -0.05) is 39.0 Å². The van der Waals surface area contributed by atoms with Crippen molar-refractivity contribution in [3.63, 3.8) is 0 Å². The summed E-state index contributed by atoms with van der Waals surface area (Å²) in [4.78, 5) is 14.2. The highest BCUT2D eigenvalue weighted by molar-refractivity contribution is 5.81. The van der Waals surface area contributed by atoms with Gasteiger partial charge in [0.25, 0.3) is 0 Å². The fourth-order valence-electron chi connectivity index (χ4n) is 2.85. The van der Waals surface area contributed by atoms with Crippen LogP contribution >= 0.6 is 0 Å². The smallest absolute Gasteiger partial charge is 0.239 e. The molecule has 2 atom stereocenters. The SMILES string of the molecule is CCCCCCCC(C)NC(C)C(=O)N1CCCC1. The standard InChI is InChI=1S/C16H32N2O/c1-4-5-6-7-8-11-14(2)17-15(3)16(19)18-12-9-10-13-18/h14-15,17H,4-13H2,1-3H3. The fraction of sp³-hybridized carbons (Fsp3) is 0.938. The van der Waals surface area contributed by atoms with E-state index in [1.807, 2.05) is 11.8 Å². The number of hydrogen-bond donors (Lipinski definition) is 1. The summed E-state index contributed by atoms with van der Waals surface area (Å²) in [5, 5.41) is 3.46. The first-order chi connectivity index (χ1) is 9.15. The maximum atomic E-state index is 12.2. The number of hydrogen-bond acceptors (Lipinski definition) is 2. The summed E-state index contributed by atoms with van der Waals surface area (Å²) in [6.07, 6.45) is 10.1. The second-order valence-electron chi connectivity index (χ2n) is 6.02. The van der Waals surface area contributed by atoms with Crippen LogP contribution in [0.25, 0.3) is 0 Å². The molecule has 1 saturated heterocycles. The number of amides is 1. The Labute approximate surface area is 119 Å². The summed E-state index contributed by atoms with van der Waals surface area (Å²) in [5.41, 5.74) is 0. The van der Waals surface area contributed by atoms with Crippen molar-refractivity contribution in [1.29, 1.82) is 0 Å². The van der Waals surface area contributed by atoms with Crippen LogP contribution in [0.1, 0.15) is 72.1 Å². The molecule has 0 saturated carbocycles. The molecule has 1 aliphatic rings. The largest absolute Gasteiger partial charge is 0.341 e. The molecule has 1 heterocycles. The number of likely N-dealkylation sites (tertiary alicyclic amines) is 1. The van der Waals surface area contributed by atoms with Gasteiger partial charge in [0.2, 0.25) is 5.91 Å². The van der Waals surface area contributed by atoms with Crippen LogP contribution in [0.4, 0.5) is 0 Å². The van der Waals surface area contributed by atoms with E-state index in [0.717, 1.165) is 13.1 Å². The molecule has 0 radical (unpaired) electrons. The molecule has 0 spiro atoms. The Balaban J connectivity index is 2.12. The zero-order valence-electron chi connectivity index (χ0n) is 13.1. The molecule has 0 bridgehead atoms. The highest BCUT2D eigenvalue weighted by Crippen LogP contribution is 2.11. The zero-order valence-corrected chi connectivity index (χ0v) is 13.1. The minimum absolute atomic E-state index is 0.0243. The van der Waals surface area contributed by atoms with E-state index in [1.54, 1.807) is 0 Å². The molecule has 1 N–H and O–H groups in total. The van der Waals surface area contributed by atoms with Gasteiger partial charge in [-0.05, 0) is 33.1 Å². The van der Waals surface area contributed by atoms with Crippen LogP contribution in [-0.2, 0) is 4.79 Å². The van der Waals surface area contributed by atoms with Crippen molar-refractivity contribution in [2.75, 3.05) is 13.1 Å². The molecule has 0 aromatic rings. The van der Waals surface area contributed by atoms with Gasteiger partial charge in [-0.15, -0.1) is 0 Å². The highest BCUT2D eigenvalue weighted by Gasteiger charge is 2.23. The summed E-state index contributed by atoms with van der Waals surface area (Å²) in [6, 6.07) is 0.423. The van der Waals surface area contributed by atoms with E-state index in [0.29, 0.717) is 6.04 Å². The first-order valence-corrected chi connectivity index (χ1v) is 8.20. The fourth-order valence-corrected chi connectivity index (χ4v) is 2.85. The van der Waals surface area contributed by atoms with E-state index in [2.05, 4.69) is 19.2 Å². The Bertz CT molecular complexity index is 249. The lowest BCUT2D eigenvalue weighted by atomic mass is 10.1.